The molecule has 1 amide bonds. The van der Waals surface area contributed by atoms with Gasteiger partial charge in [-0.05, 0) is 37.1 Å². The molecule has 0 bridgehead atoms. The number of hydrazone groups is 1. The largest absolute Gasteiger partial charge is 0.483 e. The van der Waals surface area contributed by atoms with Crippen molar-refractivity contribution in [2.45, 2.75) is 13.8 Å². The van der Waals surface area contributed by atoms with Gasteiger partial charge in [0.2, 0.25) is 0 Å². The summed E-state index contributed by atoms with van der Waals surface area (Å²) in [5.74, 6) is -0.145. The van der Waals surface area contributed by atoms with Crippen LogP contribution in [0.4, 0.5) is 4.39 Å². The normalized spacial score (nSPS) is 10.7. The third-order valence-electron chi connectivity index (χ3n) is 3.21. The number of halogens is 1. The number of hydrogen-bond acceptors (Lipinski definition) is 3. The first kappa shape index (κ1) is 15.7. The highest BCUT2D eigenvalue weighted by Gasteiger charge is 2.05. The van der Waals surface area contributed by atoms with Crippen LogP contribution in [-0.4, -0.2) is 18.7 Å². The topological polar surface area (TPSA) is 50.7 Å². The van der Waals surface area contributed by atoms with E-state index in [1.807, 2.05) is 26.0 Å². The zero-order valence-electron chi connectivity index (χ0n) is 12.5. The highest BCUT2D eigenvalue weighted by Crippen LogP contribution is 2.20. The number of ether oxygens (including phenoxy) is 1. The van der Waals surface area contributed by atoms with Crippen molar-refractivity contribution < 1.29 is 13.9 Å². The van der Waals surface area contributed by atoms with Crippen LogP contribution in [0.1, 0.15) is 16.7 Å². The Bertz CT molecular complexity index is 699. The van der Waals surface area contributed by atoms with Gasteiger partial charge in [0.15, 0.2) is 6.61 Å². The molecule has 0 aromatic heterocycles. The molecule has 5 heteroatoms. The summed E-state index contributed by atoms with van der Waals surface area (Å²) in [7, 11) is 0. The summed E-state index contributed by atoms with van der Waals surface area (Å²) >= 11 is 0. The molecule has 2 rings (SSSR count). The van der Waals surface area contributed by atoms with Gasteiger partial charge >= 0.3 is 0 Å². The molecule has 1 N–H and O–H groups in total. The third-order valence-corrected chi connectivity index (χ3v) is 3.21. The molecule has 2 aromatic rings. The van der Waals surface area contributed by atoms with E-state index >= 15 is 0 Å². The van der Waals surface area contributed by atoms with Gasteiger partial charge < -0.3 is 4.74 Å². The number of carbonyl (C=O) groups excluding carboxylic acids is 1. The van der Waals surface area contributed by atoms with E-state index in [0.717, 1.165) is 11.1 Å². The van der Waals surface area contributed by atoms with E-state index in [4.69, 9.17) is 4.74 Å². The summed E-state index contributed by atoms with van der Waals surface area (Å²) in [4.78, 5) is 11.6. The standard InChI is InChI=1S/C17H17FN2O2/c1-12-6-5-9-16(13(12)2)22-11-17(21)20-19-10-14-7-3-4-8-15(14)18/h3-10H,11H2,1-2H3,(H,20,21). The van der Waals surface area contributed by atoms with Crippen LogP contribution in [0.3, 0.4) is 0 Å². The number of amides is 1. The number of aryl methyl sites for hydroxylation is 1. The van der Waals surface area contributed by atoms with Crippen molar-refractivity contribution in [3.63, 3.8) is 0 Å². The van der Waals surface area contributed by atoms with E-state index < -0.39 is 11.7 Å². The molecule has 0 aliphatic rings. The van der Waals surface area contributed by atoms with Crippen LogP contribution in [0.25, 0.3) is 0 Å². The zero-order chi connectivity index (χ0) is 15.9. The molecule has 0 unspecified atom stereocenters. The molecular formula is C17H17FN2O2. The van der Waals surface area contributed by atoms with E-state index in [-0.39, 0.29) is 6.61 Å². The maximum absolute atomic E-state index is 13.3. The Hall–Kier alpha value is -2.69. The highest BCUT2D eigenvalue weighted by atomic mass is 19.1. The van der Waals surface area contributed by atoms with Gasteiger partial charge in [0.1, 0.15) is 11.6 Å². The second-order valence-corrected chi connectivity index (χ2v) is 4.80. The molecule has 2 aromatic carbocycles. The fraction of sp³-hybridized carbons (Fsp3) is 0.176. The average Bonchev–Trinajstić information content (AvgIpc) is 2.51. The van der Waals surface area contributed by atoms with Crippen molar-refractivity contribution in [1.82, 2.24) is 5.43 Å². The fourth-order valence-electron chi connectivity index (χ4n) is 1.81. The summed E-state index contributed by atoms with van der Waals surface area (Å²) in [6.45, 7) is 3.75. The Morgan fingerprint density at radius 2 is 2.00 bits per heavy atom. The molecule has 4 nitrogen and oxygen atoms in total. The molecule has 0 heterocycles. The summed E-state index contributed by atoms with van der Waals surface area (Å²) in [6.07, 6.45) is 1.26. The van der Waals surface area contributed by atoms with Gasteiger partial charge in [0.05, 0.1) is 6.21 Å². The maximum atomic E-state index is 13.3. The van der Waals surface area contributed by atoms with Crippen LogP contribution in [-0.2, 0) is 4.79 Å². The summed E-state index contributed by atoms with van der Waals surface area (Å²) in [6, 6.07) is 11.8. The SMILES string of the molecule is Cc1cccc(OCC(=O)NN=Cc2ccccc2F)c1C. The molecule has 0 saturated heterocycles. The second-order valence-electron chi connectivity index (χ2n) is 4.80. The number of hydrogen-bond donors (Lipinski definition) is 1. The van der Waals surface area contributed by atoms with Gasteiger partial charge in [-0.15, -0.1) is 0 Å². The summed E-state index contributed by atoms with van der Waals surface area (Å²) in [5, 5.41) is 3.71. The average molecular weight is 300 g/mol. The van der Waals surface area contributed by atoms with Gasteiger partial charge in [-0.25, -0.2) is 9.82 Å². The van der Waals surface area contributed by atoms with Crippen molar-refractivity contribution in [2.75, 3.05) is 6.61 Å². The van der Waals surface area contributed by atoms with Crippen LogP contribution < -0.4 is 10.2 Å². The molecule has 0 atom stereocenters. The van der Waals surface area contributed by atoms with Crippen molar-refractivity contribution in [2.24, 2.45) is 5.10 Å². The number of rotatable bonds is 5. The molecule has 0 aliphatic carbocycles. The minimum absolute atomic E-state index is 0.154. The van der Waals surface area contributed by atoms with E-state index in [1.54, 1.807) is 24.3 Å². The van der Waals surface area contributed by atoms with Gasteiger partial charge in [-0.1, -0.05) is 30.3 Å². The van der Waals surface area contributed by atoms with Crippen LogP contribution >= 0.6 is 0 Å². The van der Waals surface area contributed by atoms with Gasteiger partial charge in [0, 0.05) is 5.56 Å². The van der Waals surface area contributed by atoms with E-state index in [1.165, 1.54) is 12.3 Å². The minimum atomic E-state index is -0.409. The van der Waals surface area contributed by atoms with E-state index in [2.05, 4.69) is 10.5 Å². The monoisotopic (exact) mass is 300 g/mol. The third kappa shape index (κ3) is 4.15. The molecule has 0 spiro atoms. The van der Waals surface area contributed by atoms with Crippen molar-refractivity contribution >= 4 is 12.1 Å². The van der Waals surface area contributed by atoms with Crippen molar-refractivity contribution in [3.8, 4) is 5.75 Å². The van der Waals surface area contributed by atoms with Crippen molar-refractivity contribution in [3.05, 3.63) is 65.0 Å². The molecular weight excluding hydrogens is 283 g/mol. The van der Waals surface area contributed by atoms with E-state index in [9.17, 15) is 9.18 Å². The molecule has 114 valence electrons. The van der Waals surface area contributed by atoms with Gasteiger partial charge in [0.25, 0.3) is 5.91 Å². The Morgan fingerprint density at radius 1 is 1.23 bits per heavy atom. The lowest BCUT2D eigenvalue weighted by Gasteiger charge is -2.09. The lowest BCUT2D eigenvalue weighted by Crippen LogP contribution is -2.24. The lowest BCUT2D eigenvalue weighted by molar-refractivity contribution is -0.123. The predicted octanol–water partition coefficient (Wildman–Crippen LogP) is 2.97. The van der Waals surface area contributed by atoms with Crippen LogP contribution in [0.5, 0.6) is 5.75 Å². The first-order chi connectivity index (χ1) is 10.6. The van der Waals surface area contributed by atoms with Gasteiger partial charge in [-0.3, -0.25) is 4.79 Å². The number of carbonyl (C=O) groups is 1. The number of nitrogens with one attached hydrogen (secondary N) is 1. The van der Waals surface area contributed by atoms with Gasteiger partial charge in [-0.2, -0.15) is 5.10 Å². The quantitative estimate of drug-likeness (QED) is 0.682. The maximum Gasteiger partial charge on any atom is 0.277 e. The minimum Gasteiger partial charge on any atom is -0.483 e. The molecule has 22 heavy (non-hydrogen) atoms. The first-order valence-electron chi connectivity index (χ1n) is 6.83. The molecule has 0 radical (unpaired) electrons. The smallest absolute Gasteiger partial charge is 0.277 e. The highest BCUT2D eigenvalue weighted by molar-refractivity contribution is 5.83. The first-order valence-corrected chi connectivity index (χ1v) is 6.83. The Kier molecular flexibility index (Phi) is 5.25. The lowest BCUT2D eigenvalue weighted by atomic mass is 10.1. The predicted molar refractivity (Wildman–Crippen MR) is 83.5 cm³/mol. The van der Waals surface area contributed by atoms with Crippen LogP contribution in [0.2, 0.25) is 0 Å². The number of benzene rings is 2. The Morgan fingerprint density at radius 3 is 2.77 bits per heavy atom. The fourth-order valence-corrected chi connectivity index (χ4v) is 1.81. The number of nitrogens with zero attached hydrogens (tertiary/aromatic N) is 1. The van der Waals surface area contributed by atoms with E-state index in [0.29, 0.717) is 11.3 Å². The second kappa shape index (κ2) is 7.36. The Labute approximate surface area is 128 Å². The summed E-state index contributed by atoms with van der Waals surface area (Å²) < 4.78 is 18.8. The molecule has 0 aliphatic heterocycles. The molecule has 0 fully saturated rings. The molecule has 0 saturated carbocycles. The Balaban J connectivity index is 1.86. The van der Waals surface area contributed by atoms with Crippen LogP contribution in [0.15, 0.2) is 47.6 Å². The zero-order valence-corrected chi connectivity index (χ0v) is 12.5. The summed E-state index contributed by atoms with van der Waals surface area (Å²) in [5.41, 5.74) is 4.69. The van der Waals surface area contributed by atoms with Crippen molar-refractivity contribution in [1.29, 1.82) is 0 Å². The van der Waals surface area contributed by atoms with Crippen LogP contribution in [0, 0.1) is 19.7 Å².